The van der Waals surface area contributed by atoms with E-state index in [0.29, 0.717) is 11.1 Å². The minimum absolute atomic E-state index is 0.175. The first kappa shape index (κ1) is 14.8. The molecule has 3 N–H and O–H groups in total. The molecule has 0 saturated carbocycles. The summed E-state index contributed by atoms with van der Waals surface area (Å²) in [5, 5.41) is 17.5. The summed E-state index contributed by atoms with van der Waals surface area (Å²) in [5.74, 6) is -0.467. The number of methoxy groups -OCH3 is 1. The molecule has 0 unspecified atom stereocenters. The van der Waals surface area contributed by atoms with E-state index in [0.717, 1.165) is 23.0 Å². The van der Waals surface area contributed by atoms with E-state index in [9.17, 15) is 4.79 Å². The van der Waals surface area contributed by atoms with Crippen molar-refractivity contribution in [1.82, 2.24) is 10.2 Å². The summed E-state index contributed by atoms with van der Waals surface area (Å²) in [5.41, 5.74) is 3.29. The van der Waals surface area contributed by atoms with E-state index in [1.165, 1.54) is 7.11 Å². The smallest absolute Gasteiger partial charge is 0.338 e. The third-order valence-electron chi connectivity index (χ3n) is 3.01. The molecule has 6 heteroatoms. The predicted octanol–water partition coefficient (Wildman–Crippen LogP) is 2.68. The molecule has 6 nitrogen and oxygen atoms in total. The normalized spacial score (nSPS) is 10.5. The highest BCUT2D eigenvalue weighted by molar-refractivity contribution is 6.04. The van der Waals surface area contributed by atoms with Crippen molar-refractivity contribution in [2.45, 2.75) is 19.9 Å². The Morgan fingerprint density at radius 3 is 2.71 bits per heavy atom. The van der Waals surface area contributed by atoms with Gasteiger partial charge in [-0.3, -0.25) is 5.10 Å². The zero-order valence-electron chi connectivity index (χ0n) is 12.2. The molecule has 0 bridgehead atoms. The first-order valence-electron chi connectivity index (χ1n) is 6.59. The summed E-state index contributed by atoms with van der Waals surface area (Å²) in [7, 11) is 1.33. The summed E-state index contributed by atoms with van der Waals surface area (Å²) in [6.45, 7) is 3.99. The second-order valence-corrected chi connectivity index (χ2v) is 4.91. The molecule has 2 rings (SSSR count). The van der Waals surface area contributed by atoms with Gasteiger partial charge in [0, 0.05) is 35.3 Å². The molecule has 0 spiro atoms. The summed E-state index contributed by atoms with van der Waals surface area (Å²) >= 11 is 0. The van der Waals surface area contributed by atoms with Gasteiger partial charge in [0.05, 0.1) is 18.9 Å². The van der Waals surface area contributed by atoms with Gasteiger partial charge < -0.3 is 15.5 Å². The van der Waals surface area contributed by atoms with Crippen LogP contribution in [0.2, 0.25) is 0 Å². The average molecular weight is 286 g/mol. The fraction of sp³-hybridized carbons (Fsp3) is 0.267. The Labute approximate surface area is 123 Å². The number of rotatable bonds is 5. The van der Waals surface area contributed by atoms with Gasteiger partial charge in [0.2, 0.25) is 0 Å². The topological polar surface area (TPSA) is 90.9 Å². The molecule has 21 heavy (non-hydrogen) atoms. The largest absolute Gasteiger partial charge is 0.465 e. The molecule has 1 heterocycles. The zero-order valence-corrected chi connectivity index (χ0v) is 12.2. The third kappa shape index (κ3) is 3.10. The maximum atomic E-state index is 12.0. The fourth-order valence-electron chi connectivity index (χ4n) is 2.09. The fourth-order valence-corrected chi connectivity index (χ4v) is 2.09. The van der Waals surface area contributed by atoms with Crippen LogP contribution in [0, 0.1) is 5.41 Å². The van der Waals surface area contributed by atoms with Gasteiger partial charge in [0.1, 0.15) is 0 Å². The average Bonchev–Trinajstić information content (AvgIpc) is 2.99. The maximum Gasteiger partial charge on any atom is 0.338 e. The minimum Gasteiger partial charge on any atom is -0.465 e. The number of nitrogens with one attached hydrogen (secondary N) is 3. The Bertz CT molecular complexity index is 648. The third-order valence-corrected chi connectivity index (χ3v) is 3.01. The summed E-state index contributed by atoms with van der Waals surface area (Å²) in [4.78, 5) is 12.0. The Morgan fingerprint density at radius 1 is 1.43 bits per heavy atom. The van der Waals surface area contributed by atoms with E-state index < -0.39 is 5.97 Å². The molecule has 110 valence electrons. The molecule has 0 aliphatic rings. The van der Waals surface area contributed by atoms with Crippen molar-refractivity contribution in [3.63, 3.8) is 0 Å². The lowest BCUT2D eigenvalue weighted by molar-refractivity contribution is 0.0600. The van der Waals surface area contributed by atoms with Crippen LogP contribution in [0.5, 0.6) is 0 Å². The quantitative estimate of drug-likeness (QED) is 0.582. The predicted molar refractivity (Wildman–Crippen MR) is 82.0 cm³/mol. The van der Waals surface area contributed by atoms with Gasteiger partial charge in [-0.15, -0.1) is 0 Å². The number of esters is 1. The monoisotopic (exact) mass is 286 g/mol. The number of aromatic nitrogens is 2. The van der Waals surface area contributed by atoms with Gasteiger partial charge in [0.25, 0.3) is 0 Å². The van der Waals surface area contributed by atoms with Gasteiger partial charge in [-0.2, -0.15) is 5.10 Å². The van der Waals surface area contributed by atoms with Gasteiger partial charge in [-0.05, 0) is 31.5 Å². The standard InChI is InChI=1S/C15H18N4O2/c1-9(2)19-14-5-10(11-7-17-18-8-11)4-12(13(14)6-16)15(20)21-3/h4-9,16,19H,1-3H3,(H,17,18). The number of hydrogen-bond donors (Lipinski definition) is 3. The highest BCUT2D eigenvalue weighted by atomic mass is 16.5. The number of anilines is 1. The van der Waals surface area contributed by atoms with Crippen molar-refractivity contribution in [3.8, 4) is 11.1 Å². The van der Waals surface area contributed by atoms with Crippen LogP contribution >= 0.6 is 0 Å². The van der Waals surface area contributed by atoms with Crippen LogP contribution in [-0.4, -0.2) is 35.5 Å². The van der Waals surface area contributed by atoms with Crippen molar-refractivity contribution in [1.29, 1.82) is 5.41 Å². The van der Waals surface area contributed by atoms with Crippen molar-refractivity contribution in [2.75, 3.05) is 12.4 Å². The highest BCUT2D eigenvalue weighted by Crippen LogP contribution is 2.28. The number of carbonyl (C=O) groups is 1. The number of aromatic amines is 1. The molecule has 1 aromatic heterocycles. The number of benzene rings is 1. The van der Waals surface area contributed by atoms with Crippen molar-refractivity contribution in [3.05, 3.63) is 35.7 Å². The molecule has 0 amide bonds. The number of H-pyrrole nitrogens is 1. The van der Waals surface area contributed by atoms with Crippen molar-refractivity contribution < 1.29 is 9.53 Å². The van der Waals surface area contributed by atoms with Crippen LogP contribution in [0.15, 0.2) is 24.5 Å². The molecular formula is C15H18N4O2. The minimum atomic E-state index is -0.467. The van der Waals surface area contributed by atoms with Crippen molar-refractivity contribution >= 4 is 17.9 Å². The van der Waals surface area contributed by atoms with Crippen molar-refractivity contribution in [2.24, 2.45) is 0 Å². The van der Waals surface area contributed by atoms with Crippen LogP contribution in [0.1, 0.15) is 29.8 Å². The molecule has 0 radical (unpaired) electrons. The first-order valence-corrected chi connectivity index (χ1v) is 6.59. The van der Waals surface area contributed by atoms with Crippen LogP contribution in [0.3, 0.4) is 0 Å². The lowest BCUT2D eigenvalue weighted by atomic mass is 9.98. The zero-order chi connectivity index (χ0) is 15.4. The molecular weight excluding hydrogens is 268 g/mol. The molecule has 0 atom stereocenters. The van der Waals surface area contributed by atoms with Gasteiger partial charge in [-0.25, -0.2) is 4.79 Å². The Kier molecular flexibility index (Phi) is 4.37. The van der Waals surface area contributed by atoms with E-state index in [1.807, 2.05) is 19.9 Å². The van der Waals surface area contributed by atoms with E-state index in [2.05, 4.69) is 15.5 Å². The van der Waals surface area contributed by atoms with Crippen LogP contribution < -0.4 is 5.32 Å². The van der Waals surface area contributed by atoms with Crippen LogP contribution in [0.25, 0.3) is 11.1 Å². The summed E-state index contributed by atoms with van der Waals surface area (Å²) in [6.07, 6.45) is 4.59. The van der Waals surface area contributed by atoms with Gasteiger partial charge in [0.15, 0.2) is 0 Å². The number of nitrogens with zero attached hydrogens (tertiary/aromatic N) is 1. The number of ether oxygens (including phenoxy) is 1. The Balaban J connectivity index is 2.64. The Hall–Kier alpha value is -2.63. The van der Waals surface area contributed by atoms with E-state index in [-0.39, 0.29) is 6.04 Å². The first-order chi connectivity index (χ1) is 10.1. The summed E-state index contributed by atoms with van der Waals surface area (Å²) in [6, 6.07) is 3.79. The SMILES string of the molecule is COC(=O)c1cc(-c2cn[nH]c2)cc(NC(C)C)c1C=N. The summed E-state index contributed by atoms with van der Waals surface area (Å²) < 4.78 is 4.82. The highest BCUT2D eigenvalue weighted by Gasteiger charge is 2.17. The van der Waals surface area contributed by atoms with E-state index in [1.54, 1.807) is 18.5 Å². The molecule has 0 saturated heterocycles. The van der Waals surface area contributed by atoms with E-state index >= 15 is 0 Å². The number of hydrogen-bond acceptors (Lipinski definition) is 5. The molecule has 1 aromatic carbocycles. The molecule has 0 aliphatic heterocycles. The lowest BCUT2D eigenvalue weighted by Gasteiger charge is -2.16. The number of carbonyl (C=O) groups excluding carboxylic acids is 1. The van der Waals surface area contributed by atoms with E-state index in [4.69, 9.17) is 10.1 Å². The second-order valence-electron chi connectivity index (χ2n) is 4.91. The second kappa shape index (κ2) is 6.21. The lowest BCUT2D eigenvalue weighted by Crippen LogP contribution is -2.14. The van der Waals surface area contributed by atoms with Gasteiger partial charge in [-0.1, -0.05) is 0 Å². The van der Waals surface area contributed by atoms with Crippen LogP contribution in [0.4, 0.5) is 5.69 Å². The molecule has 0 aliphatic carbocycles. The maximum absolute atomic E-state index is 12.0. The Morgan fingerprint density at radius 2 is 2.19 bits per heavy atom. The molecule has 2 aromatic rings. The van der Waals surface area contributed by atoms with Crippen LogP contribution in [-0.2, 0) is 4.74 Å². The van der Waals surface area contributed by atoms with Gasteiger partial charge >= 0.3 is 5.97 Å². The molecule has 0 fully saturated rings.